The predicted octanol–water partition coefficient (Wildman–Crippen LogP) is 2.85. The second-order valence-corrected chi connectivity index (χ2v) is 9.53. The van der Waals surface area contributed by atoms with Crippen LogP contribution in [0.2, 0.25) is 0 Å². The van der Waals surface area contributed by atoms with Crippen molar-refractivity contribution >= 4 is 16.1 Å². The predicted molar refractivity (Wildman–Crippen MR) is 84.6 cm³/mol. The van der Waals surface area contributed by atoms with Gasteiger partial charge in [0.15, 0.2) is 0 Å². The van der Waals surface area contributed by atoms with Crippen molar-refractivity contribution in [1.29, 1.82) is 0 Å². The molecule has 4 fully saturated rings. The smallest absolute Gasteiger partial charge is 0.312 e. The van der Waals surface area contributed by atoms with Crippen LogP contribution in [0.3, 0.4) is 0 Å². The first kappa shape index (κ1) is 17.2. The van der Waals surface area contributed by atoms with Gasteiger partial charge in [-0.25, -0.2) is 8.42 Å². The van der Waals surface area contributed by atoms with Gasteiger partial charge in [-0.3, -0.25) is 4.79 Å². The molecule has 6 heteroatoms. The molecule has 0 spiro atoms. The van der Waals surface area contributed by atoms with Crippen LogP contribution in [0.25, 0.3) is 0 Å². The molecule has 4 aliphatic carbocycles. The van der Waals surface area contributed by atoms with E-state index in [0.29, 0.717) is 19.4 Å². The standard InChI is InChI=1S/C17H28O5S/c18-16(22-5-3-1-2-4-6-23(19,20)21)17-10-13-7-14(11-17)9-15(8-13)12-17/h13-15H,1-12H2,(H,19,20,21)/p-1. The molecule has 4 bridgehead atoms. The molecule has 5 nitrogen and oxygen atoms in total. The van der Waals surface area contributed by atoms with E-state index in [9.17, 15) is 17.8 Å². The lowest BCUT2D eigenvalue weighted by Crippen LogP contribution is -2.50. The van der Waals surface area contributed by atoms with Gasteiger partial charge in [-0.1, -0.05) is 12.8 Å². The van der Waals surface area contributed by atoms with Crippen LogP contribution in [0.15, 0.2) is 0 Å². The Morgan fingerprint density at radius 1 is 0.957 bits per heavy atom. The van der Waals surface area contributed by atoms with Crippen molar-refractivity contribution in [2.45, 2.75) is 64.2 Å². The van der Waals surface area contributed by atoms with Gasteiger partial charge < -0.3 is 9.29 Å². The molecule has 4 saturated carbocycles. The molecule has 0 amide bonds. The molecule has 0 unspecified atom stereocenters. The summed E-state index contributed by atoms with van der Waals surface area (Å²) in [7, 11) is -4.09. The first-order chi connectivity index (χ1) is 10.9. The number of ether oxygens (including phenoxy) is 1. The largest absolute Gasteiger partial charge is 0.748 e. The van der Waals surface area contributed by atoms with Gasteiger partial charge in [-0.15, -0.1) is 0 Å². The zero-order valence-corrected chi connectivity index (χ0v) is 14.5. The highest BCUT2D eigenvalue weighted by Crippen LogP contribution is 2.60. The molecule has 0 aromatic heterocycles. The second-order valence-electron chi connectivity index (χ2n) is 8.01. The van der Waals surface area contributed by atoms with Crippen LogP contribution in [-0.4, -0.2) is 31.3 Å². The van der Waals surface area contributed by atoms with E-state index >= 15 is 0 Å². The first-order valence-corrected chi connectivity index (χ1v) is 10.5. The van der Waals surface area contributed by atoms with E-state index in [1.807, 2.05) is 0 Å². The summed E-state index contributed by atoms with van der Waals surface area (Å²) in [4.78, 5) is 12.6. The average Bonchev–Trinajstić information content (AvgIpc) is 2.43. The molecule has 132 valence electrons. The first-order valence-electron chi connectivity index (χ1n) is 8.97. The Labute approximate surface area is 138 Å². The lowest BCUT2D eigenvalue weighted by atomic mass is 9.49. The highest BCUT2D eigenvalue weighted by molar-refractivity contribution is 7.85. The van der Waals surface area contributed by atoms with Gasteiger partial charge in [0.1, 0.15) is 0 Å². The summed E-state index contributed by atoms with van der Waals surface area (Å²) in [5.41, 5.74) is -0.189. The molecule has 0 heterocycles. The molecule has 0 aromatic rings. The summed E-state index contributed by atoms with van der Waals surface area (Å²) in [6, 6.07) is 0. The topological polar surface area (TPSA) is 83.5 Å². The van der Waals surface area contributed by atoms with Gasteiger partial charge >= 0.3 is 5.97 Å². The van der Waals surface area contributed by atoms with Crippen LogP contribution < -0.4 is 0 Å². The highest BCUT2D eigenvalue weighted by Gasteiger charge is 2.55. The van der Waals surface area contributed by atoms with Gasteiger partial charge in [0.2, 0.25) is 0 Å². The van der Waals surface area contributed by atoms with Crippen LogP contribution in [-0.2, 0) is 19.6 Å². The summed E-state index contributed by atoms with van der Waals surface area (Å²) in [5.74, 6) is 1.94. The van der Waals surface area contributed by atoms with E-state index in [0.717, 1.165) is 49.9 Å². The number of hydrogen-bond acceptors (Lipinski definition) is 5. The third kappa shape index (κ3) is 4.27. The van der Waals surface area contributed by atoms with Crippen molar-refractivity contribution in [2.24, 2.45) is 23.2 Å². The van der Waals surface area contributed by atoms with Crippen molar-refractivity contribution in [3.05, 3.63) is 0 Å². The maximum absolute atomic E-state index is 12.6. The maximum Gasteiger partial charge on any atom is 0.312 e. The third-order valence-corrected chi connectivity index (χ3v) is 6.78. The summed E-state index contributed by atoms with van der Waals surface area (Å²) < 4.78 is 37.0. The monoisotopic (exact) mass is 343 g/mol. The van der Waals surface area contributed by atoms with E-state index in [1.54, 1.807) is 0 Å². The summed E-state index contributed by atoms with van der Waals surface area (Å²) >= 11 is 0. The molecule has 23 heavy (non-hydrogen) atoms. The Balaban J connectivity index is 1.35. The Bertz CT molecular complexity index is 504. The van der Waals surface area contributed by atoms with Crippen LogP contribution in [0.5, 0.6) is 0 Å². The van der Waals surface area contributed by atoms with Crippen molar-refractivity contribution in [3.63, 3.8) is 0 Å². The SMILES string of the molecule is O=C(OCCCCCCS(=O)(=O)[O-])C12CC3CC(CC(C3)C1)C2. The fourth-order valence-electron chi connectivity index (χ4n) is 5.41. The van der Waals surface area contributed by atoms with Crippen LogP contribution in [0.4, 0.5) is 0 Å². The molecule has 4 rings (SSSR count). The minimum Gasteiger partial charge on any atom is -0.748 e. The number of carbonyl (C=O) groups is 1. The number of hydrogen-bond donors (Lipinski definition) is 0. The molecular weight excluding hydrogens is 316 g/mol. The van der Waals surface area contributed by atoms with E-state index < -0.39 is 10.1 Å². The van der Waals surface area contributed by atoms with Gasteiger partial charge in [0.25, 0.3) is 0 Å². The van der Waals surface area contributed by atoms with Crippen LogP contribution >= 0.6 is 0 Å². The van der Waals surface area contributed by atoms with E-state index in [2.05, 4.69) is 0 Å². The normalized spacial score (nSPS) is 35.4. The van der Waals surface area contributed by atoms with E-state index in [4.69, 9.17) is 4.74 Å². The molecule has 0 radical (unpaired) electrons. The van der Waals surface area contributed by atoms with Crippen molar-refractivity contribution < 1.29 is 22.5 Å². The fraction of sp³-hybridized carbons (Fsp3) is 0.941. The van der Waals surface area contributed by atoms with Crippen LogP contribution in [0, 0.1) is 23.2 Å². The number of carbonyl (C=O) groups excluding carboxylic acids is 1. The summed E-state index contributed by atoms with van der Waals surface area (Å²) in [5, 5.41) is 0. The number of esters is 1. The lowest BCUT2D eigenvalue weighted by molar-refractivity contribution is -0.171. The van der Waals surface area contributed by atoms with Gasteiger partial charge in [0, 0.05) is 5.75 Å². The fourth-order valence-corrected chi connectivity index (χ4v) is 5.97. The average molecular weight is 343 g/mol. The number of rotatable bonds is 8. The number of unbranched alkanes of at least 4 members (excludes halogenated alkanes) is 3. The highest BCUT2D eigenvalue weighted by atomic mass is 32.2. The van der Waals surface area contributed by atoms with Crippen LogP contribution in [0.1, 0.15) is 64.2 Å². The van der Waals surface area contributed by atoms with Gasteiger partial charge in [0.05, 0.1) is 22.1 Å². The van der Waals surface area contributed by atoms with Gasteiger partial charge in [-0.2, -0.15) is 0 Å². The molecular formula is C17H27O5S-. The Morgan fingerprint density at radius 2 is 1.48 bits per heavy atom. The molecule has 0 aliphatic heterocycles. The molecule has 0 N–H and O–H groups in total. The minimum absolute atomic E-state index is 0.0127. The Hall–Kier alpha value is -0.620. The zero-order chi connectivity index (χ0) is 16.5. The van der Waals surface area contributed by atoms with E-state index in [1.165, 1.54) is 19.3 Å². The maximum atomic E-state index is 12.6. The van der Waals surface area contributed by atoms with Crippen molar-refractivity contribution in [3.8, 4) is 0 Å². The zero-order valence-electron chi connectivity index (χ0n) is 13.7. The lowest BCUT2D eigenvalue weighted by Gasteiger charge is -2.55. The molecule has 0 saturated heterocycles. The molecule has 0 aromatic carbocycles. The molecule has 0 atom stereocenters. The summed E-state index contributed by atoms with van der Waals surface area (Å²) in [6.45, 7) is 0.421. The Kier molecular flexibility index (Phi) is 5.02. The minimum atomic E-state index is -4.09. The molecule has 4 aliphatic rings. The Morgan fingerprint density at radius 3 is 2.00 bits per heavy atom. The third-order valence-electron chi connectivity index (χ3n) is 5.99. The van der Waals surface area contributed by atoms with Crippen molar-refractivity contribution in [1.82, 2.24) is 0 Å². The van der Waals surface area contributed by atoms with Gasteiger partial charge in [-0.05, 0) is 69.1 Å². The van der Waals surface area contributed by atoms with Crippen molar-refractivity contribution in [2.75, 3.05) is 12.4 Å². The summed E-state index contributed by atoms with van der Waals surface area (Å²) in [6.07, 6.45) is 9.66. The van der Waals surface area contributed by atoms with E-state index in [-0.39, 0.29) is 17.1 Å². The second kappa shape index (κ2) is 6.71. The quantitative estimate of drug-likeness (QED) is 0.384.